The number of aromatic nitrogens is 2. The van der Waals surface area contributed by atoms with E-state index in [2.05, 4.69) is 36.1 Å². The number of nitrogens with zero attached hydrogens (tertiary/aromatic N) is 2. The fourth-order valence-electron chi connectivity index (χ4n) is 1.61. The van der Waals surface area contributed by atoms with Crippen molar-refractivity contribution in [3.63, 3.8) is 0 Å². The van der Waals surface area contributed by atoms with Crippen LogP contribution in [0.15, 0.2) is 18.7 Å². The topological polar surface area (TPSA) is 75.1 Å². The van der Waals surface area contributed by atoms with Gasteiger partial charge in [-0.15, -0.1) is 0 Å². The third kappa shape index (κ3) is 5.34. The van der Waals surface area contributed by atoms with Crippen molar-refractivity contribution in [2.75, 3.05) is 0 Å². The molecule has 5 heteroatoms. The molecule has 0 bridgehead atoms. The lowest BCUT2D eigenvalue weighted by atomic mass is 9.84. The van der Waals surface area contributed by atoms with Gasteiger partial charge in [0.2, 0.25) is 0 Å². The number of carboxylic acids is 1. The maximum absolute atomic E-state index is 11.5. The highest BCUT2D eigenvalue weighted by atomic mass is 16.4. The van der Waals surface area contributed by atoms with Gasteiger partial charge >= 0.3 is 5.97 Å². The maximum atomic E-state index is 11.5. The van der Waals surface area contributed by atoms with E-state index >= 15 is 0 Å². The van der Waals surface area contributed by atoms with Crippen molar-refractivity contribution in [3.8, 4) is 0 Å². The van der Waals surface area contributed by atoms with E-state index in [1.165, 1.54) is 6.33 Å². The highest BCUT2D eigenvalue weighted by molar-refractivity contribution is 5.78. The summed E-state index contributed by atoms with van der Waals surface area (Å²) >= 11 is 0. The van der Waals surface area contributed by atoms with Crippen LogP contribution in [0.4, 0.5) is 0 Å². The van der Waals surface area contributed by atoms with Gasteiger partial charge in [0.15, 0.2) is 0 Å². The second kappa shape index (κ2) is 6.10. The first-order valence-electron chi connectivity index (χ1n) is 6.45. The Balaban J connectivity index is 2.64. The summed E-state index contributed by atoms with van der Waals surface area (Å²) in [5, 5.41) is 12.5. The Morgan fingerprint density at radius 2 is 1.79 bits per heavy atom. The van der Waals surface area contributed by atoms with Crippen LogP contribution in [-0.4, -0.2) is 26.6 Å². The van der Waals surface area contributed by atoms with Crippen LogP contribution in [0.5, 0.6) is 0 Å². The lowest BCUT2D eigenvalue weighted by Crippen LogP contribution is -2.49. The van der Waals surface area contributed by atoms with Gasteiger partial charge in [-0.3, -0.25) is 10.1 Å². The maximum Gasteiger partial charge on any atom is 0.323 e. The van der Waals surface area contributed by atoms with Crippen LogP contribution >= 0.6 is 0 Å². The molecule has 0 amide bonds. The van der Waals surface area contributed by atoms with Crippen molar-refractivity contribution in [2.45, 2.75) is 52.6 Å². The molecule has 0 aliphatic carbocycles. The first-order valence-corrected chi connectivity index (χ1v) is 6.45. The average molecular weight is 265 g/mol. The predicted molar refractivity (Wildman–Crippen MR) is 73.6 cm³/mol. The summed E-state index contributed by atoms with van der Waals surface area (Å²) in [6, 6.07) is 0. The molecule has 19 heavy (non-hydrogen) atoms. The SMILES string of the molecule is CC(C)(C)CC[C@@](C)(NCc1cncnc1)C(=O)O. The van der Waals surface area contributed by atoms with Crippen LogP contribution in [0.25, 0.3) is 0 Å². The number of carbonyl (C=O) groups is 1. The lowest BCUT2D eigenvalue weighted by molar-refractivity contribution is -0.144. The minimum atomic E-state index is -0.927. The van der Waals surface area contributed by atoms with Crippen LogP contribution < -0.4 is 5.32 Å². The molecule has 1 aromatic rings. The second-order valence-corrected chi connectivity index (χ2v) is 6.30. The molecule has 1 atom stereocenters. The molecule has 106 valence electrons. The van der Waals surface area contributed by atoms with Crippen molar-refractivity contribution < 1.29 is 9.90 Å². The third-order valence-electron chi connectivity index (χ3n) is 3.14. The number of hydrogen-bond donors (Lipinski definition) is 2. The monoisotopic (exact) mass is 265 g/mol. The van der Waals surface area contributed by atoms with Crippen LogP contribution in [-0.2, 0) is 11.3 Å². The van der Waals surface area contributed by atoms with Crippen molar-refractivity contribution in [2.24, 2.45) is 5.41 Å². The summed E-state index contributed by atoms with van der Waals surface area (Å²) in [5.41, 5.74) is 0.0721. The molecule has 0 saturated carbocycles. The van der Waals surface area contributed by atoms with Gasteiger partial charge in [-0.05, 0) is 25.2 Å². The molecular formula is C14H23N3O2. The van der Waals surface area contributed by atoms with Crippen LogP contribution in [0.3, 0.4) is 0 Å². The number of carboxylic acid groups (broad SMARTS) is 1. The minimum Gasteiger partial charge on any atom is -0.480 e. The average Bonchev–Trinajstić information content (AvgIpc) is 2.34. The zero-order valence-electron chi connectivity index (χ0n) is 12.1. The Bertz CT molecular complexity index is 414. The Morgan fingerprint density at radius 1 is 1.21 bits per heavy atom. The Labute approximate surface area is 114 Å². The Hall–Kier alpha value is -1.49. The Kier molecular flexibility index (Phi) is 5.00. The molecule has 0 fully saturated rings. The predicted octanol–water partition coefficient (Wildman–Crippen LogP) is 2.24. The summed E-state index contributed by atoms with van der Waals surface area (Å²) in [6.07, 6.45) is 6.26. The van der Waals surface area contributed by atoms with Crippen molar-refractivity contribution >= 4 is 5.97 Å². The largest absolute Gasteiger partial charge is 0.480 e. The van der Waals surface area contributed by atoms with E-state index in [1.54, 1.807) is 19.3 Å². The molecule has 0 aromatic carbocycles. The van der Waals surface area contributed by atoms with Gasteiger partial charge in [0.05, 0.1) is 0 Å². The van der Waals surface area contributed by atoms with Gasteiger partial charge in [-0.25, -0.2) is 9.97 Å². The normalized spacial score (nSPS) is 14.9. The molecule has 1 heterocycles. The summed E-state index contributed by atoms with van der Waals surface area (Å²) in [5.74, 6) is -0.825. The van der Waals surface area contributed by atoms with Crippen LogP contribution in [0.1, 0.15) is 46.1 Å². The summed E-state index contributed by atoms with van der Waals surface area (Å²) in [6.45, 7) is 8.51. The number of rotatable bonds is 6. The van der Waals surface area contributed by atoms with Crippen LogP contribution in [0.2, 0.25) is 0 Å². The molecule has 2 N–H and O–H groups in total. The standard InChI is InChI=1S/C14H23N3O2/c1-13(2,3)5-6-14(4,12(18)19)17-9-11-7-15-10-16-8-11/h7-8,10,17H,5-6,9H2,1-4H3,(H,18,19)/t14-/m1/s1. The lowest BCUT2D eigenvalue weighted by Gasteiger charge is -2.29. The first-order chi connectivity index (χ1) is 8.73. The van der Waals surface area contributed by atoms with Gasteiger partial charge in [0.1, 0.15) is 11.9 Å². The molecule has 0 aliphatic heterocycles. The number of hydrogen-bond acceptors (Lipinski definition) is 4. The highest BCUT2D eigenvalue weighted by Crippen LogP contribution is 2.26. The van der Waals surface area contributed by atoms with E-state index in [0.717, 1.165) is 12.0 Å². The van der Waals surface area contributed by atoms with Crippen molar-refractivity contribution in [1.82, 2.24) is 15.3 Å². The van der Waals surface area contributed by atoms with E-state index in [0.29, 0.717) is 13.0 Å². The molecule has 1 aromatic heterocycles. The molecule has 1 rings (SSSR count). The zero-order chi connectivity index (χ0) is 14.5. The zero-order valence-corrected chi connectivity index (χ0v) is 12.1. The molecule has 0 aliphatic rings. The van der Waals surface area contributed by atoms with E-state index in [4.69, 9.17) is 0 Å². The summed E-state index contributed by atoms with van der Waals surface area (Å²) in [7, 11) is 0. The third-order valence-corrected chi connectivity index (χ3v) is 3.14. The van der Waals surface area contributed by atoms with E-state index in [-0.39, 0.29) is 5.41 Å². The summed E-state index contributed by atoms with van der Waals surface area (Å²) < 4.78 is 0. The van der Waals surface area contributed by atoms with Gasteiger partial charge in [-0.1, -0.05) is 20.8 Å². The molecular weight excluding hydrogens is 242 g/mol. The van der Waals surface area contributed by atoms with Crippen LogP contribution in [0, 0.1) is 5.41 Å². The number of aliphatic carboxylic acids is 1. The second-order valence-electron chi connectivity index (χ2n) is 6.30. The van der Waals surface area contributed by atoms with E-state index in [1.807, 2.05) is 0 Å². The molecule has 5 nitrogen and oxygen atoms in total. The van der Waals surface area contributed by atoms with Crippen molar-refractivity contribution in [1.29, 1.82) is 0 Å². The molecule has 0 unspecified atom stereocenters. The molecule has 0 spiro atoms. The van der Waals surface area contributed by atoms with Gasteiger partial charge in [0, 0.05) is 24.5 Å². The fourth-order valence-corrected chi connectivity index (χ4v) is 1.61. The first kappa shape index (κ1) is 15.6. The van der Waals surface area contributed by atoms with Gasteiger partial charge in [-0.2, -0.15) is 0 Å². The fraction of sp³-hybridized carbons (Fsp3) is 0.643. The number of nitrogens with one attached hydrogen (secondary N) is 1. The minimum absolute atomic E-state index is 0.119. The van der Waals surface area contributed by atoms with E-state index in [9.17, 15) is 9.90 Å². The smallest absolute Gasteiger partial charge is 0.323 e. The highest BCUT2D eigenvalue weighted by Gasteiger charge is 2.33. The Morgan fingerprint density at radius 3 is 2.26 bits per heavy atom. The summed E-state index contributed by atoms with van der Waals surface area (Å²) in [4.78, 5) is 19.3. The van der Waals surface area contributed by atoms with Crippen molar-refractivity contribution in [3.05, 3.63) is 24.3 Å². The van der Waals surface area contributed by atoms with Gasteiger partial charge < -0.3 is 5.11 Å². The van der Waals surface area contributed by atoms with E-state index < -0.39 is 11.5 Å². The molecule has 0 radical (unpaired) electrons. The molecule has 0 saturated heterocycles. The van der Waals surface area contributed by atoms with Gasteiger partial charge in [0.25, 0.3) is 0 Å². The quantitative estimate of drug-likeness (QED) is 0.825.